The number of rotatable bonds is 2. The first-order valence-electron chi connectivity index (χ1n) is 5.22. The average Bonchev–Trinajstić information content (AvgIpc) is 2.53. The molecule has 0 aliphatic carbocycles. The van der Waals surface area contributed by atoms with Gasteiger partial charge < -0.3 is 4.55 Å². The molecule has 18 heavy (non-hydrogen) atoms. The normalized spacial score (nSPS) is 14.4. The molecule has 1 amide bonds. The number of benzene rings is 1. The number of aromatic nitrogens is 1. The van der Waals surface area contributed by atoms with Gasteiger partial charge in [0.15, 0.2) is 10.0 Å². The van der Waals surface area contributed by atoms with Crippen molar-refractivity contribution in [3.8, 4) is 0 Å². The van der Waals surface area contributed by atoms with Crippen molar-refractivity contribution in [2.45, 2.75) is 13.5 Å². The van der Waals surface area contributed by atoms with E-state index in [2.05, 4.69) is 4.36 Å². The summed E-state index contributed by atoms with van der Waals surface area (Å²) in [5, 5.41) is 0.959. The van der Waals surface area contributed by atoms with E-state index in [1.165, 1.54) is 0 Å². The maximum Gasteiger partial charge on any atom is 0.321 e. The van der Waals surface area contributed by atoms with Gasteiger partial charge in [-0.05, 0) is 6.07 Å². The fourth-order valence-electron chi connectivity index (χ4n) is 1.70. The van der Waals surface area contributed by atoms with Crippen LogP contribution in [0.3, 0.4) is 0 Å². The van der Waals surface area contributed by atoms with Crippen molar-refractivity contribution in [2.24, 2.45) is 4.36 Å². The number of amides is 1. The molecule has 2 aromatic rings. The van der Waals surface area contributed by atoms with Gasteiger partial charge in [-0.3, -0.25) is 4.79 Å². The molecule has 96 valence electrons. The van der Waals surface area contributed by atoms with Crippen LogP contribution < -0.4 is 4.57 Å². The second kappa shape index (κ2) is 4.75. The van der Waals surface area contributed by atoms with Gasteiger partial charge in [-0.15, -0.1) is 4.36 Å². The smallest absolute Gasteiger partial charge is 0.300 e. The Kier molecular flexibility index (Phi) is 3.47. The number of aryl methyl sites for hydroxylation is 1. The Morgan fingerprint density at radius 1 is 1.50 bits per heavy atom. The molecule has 1 unspecified atom stereocenters. The summed E-state index contributed by atoms with van der Waals surface area (Å²) in [7, 11) is -3.38. The molecular formula is C11H13N2O3S2+. The number of carbonyl (C=O) groups is 1. The van der Waals surface area contributed by atoms with Crippen LogP contribution in [0.5, 0.6) is 0 Å². The van der Waals surface area contributed by atoms with Gasteiger partial charge in [0.05, 0.1) is 0 Å². The van der Waals surface area contributed by atoms with Crippen molar-refractivity contribution in [1.29, 1.82) is 0 Å². The van der Waals surface area contributed by atoms with Gasteiger partial charge in [0.1, 0.15) is 4.70 Å². The zero-order valence-electron chi connectivity index (χ0n) is 9.99. The van der Waals surface area contributed by atoms with Crippen LogP contribution in [0, 0.1) is 6.92 Å². The van der Waals surface area contributed by atoms with Gasteiger partial charge in [-0.2, -0.15) is 4.57 Å². The second-order valence-electron chi connectivity index (χ2n) is 3.92. The molecule has 0 saturated heterocycles. The molecule has 2 rings (SSSR count). The van der Waals surface area contributed by atoms with Crippen LogP contribution in [0.2, 0.25) is 0 Å². The molecule has 0 saturated carbocycles. The van der Waals surface area contributed by atoms with E-state index in [9.17, 15) is 9.00 Å². The second-order valence-corrected chi connectivity index (χ2v) is 6.86. The third-order valence-corrected chi connectivity index (χ3v) is 3.98. The Bertz CT molecular complexity index is 719. The van der Waals surface area contributed by atoms with Gasteiger partial charge in [-0.1, -0.05) is 23.5 Å². The SMILES string of the molecule is Cc1sc2ccccc2[n+]1CC(=O)N=S(C)(=O)O. The molecule has 1 N–H and O–H groups in total. The van der Waals surface area contributed by atoms with E-state index in [0.717, 1.165) is 21.5 Å². The summed E-state index contributed by atoms with van der Waals surface area (Å²) in [4.78, 5) is 11.6. The van der Waals surface area contributed by atoms with Crippen molar-refractivity contribution < 1.29 is 18.1 Å². The standard InChI is InChI=1S/C11H12N2O3S2/c1-8-13(7-11(14)12-18(2,15)16)9-5-3-4-6-10(9)17-8/h3-6H,7H2,1-2H3/p+1. The van der Waals surface area contributed by atoms with Crippen molar-refractivity contribution in [3.05, 3.63) is 29.3 Å². The number of hydrogen-bond donors (Lipinski definition) is 1. The highest BCUT2D eigenvalue weighted by Gasteiger charge is 2.20. The van der Waals surface area contributed by atoms with E-state index in [4.69, 9.17) is 4.55 Å². The van der Waals surface area contributed by atoms with Crippen LogP contribution in [-0.2, 0) is 21.3 Å². The van der Waals surface area contributed by atoms with Gasteiger partial charge in [0.2, 0.25) is 17.1 Å². The zero-order chi connectivity index (χ0) is 13.3. The van der Waals surface area contributed by atoms with E-state index in [0.29, 0.717) is 0 Å². The number of carbonyl (C=O) groups excluding carboxylic acids is 1. The summed E-state index contributed by atoms with van der Waals surface area (Å²) in [6.07, 6.45) is 1.02. The predicted octanol–water partition coefficient (Wildman–Crippen LogP) is 1.59. The van der Waals surface area contributed by atoms with E-state index in [1.54, 1.807) is 15.9 Å². The zero-order valence-corrected chi connectivity index (χ0v) is 11.6. The van der Waals surface area contributed by atoms with Crippen molar-refractivity contribution in [1.82, 2.24) is 0 Å². The number of para-hydroxylation sites is 1. The van der Waals surface area contributed by atoms with Gasteiger partial charge in [-0.25, -0.2) is 4.21 Å². The first kappa shape index (κ1) is 13.1. The Morgan fingerprint density at radius 2 is 2.17 bits per heavy atom. The first-order chi connectivity index (χ1) is 8.37. The van der Waals surface area contributed by atoms with Crippen molar-refractivity contribution in [3.63, 3.8) is 0 Å². The highest BCUT2D eigenvalue weighted by molar-refractivity contribution is 7.87. The maximum atomic E-state index is 11.6. The first-order valence-corrected chi connectivity index (χ1v) is 7.92. The predicted molar refractivity (Wildman–Crippen MR) is 70.9 cm³/mol. The molecule has 7 heteroatoms. The molecular weight excluding hydrogens is 272 g/mol. The lowest BCUT2D eigenvalue weighted by Crippen LogP contribution is -2.38. The van der Waals surface area contributed by atoms with E-state index < -0.39 is 15.9 Å². The van der Waals surface area contributed by atoms with Crippen LogP contribution in [0.25, 0.3) is 10.2 Å². The molecule has 0 aliphatic heterocycles. The molecule has 0 radical (unpaired) electrons. The molecule has 0 aliphatic rings. The van der Waals surface area contributed by atoms with E-state index >= 15 is 0 Å². The molecule has 1 aromatic heterocycles. The topological polar surface area (TPSA) is 70.6 Å². The third-order valence-electron chi connectivity index (χ3n) is 2.36. The number of hydrogen-bond acceptors (Lipinski definition) is 3. The molecule has 1 atom stereocenters. The minimum Gasteiger partial charge on any atom is -0.300 e. The van der Waals surface area contributed by atoms with Crippen LogP contribution in [0.1, 0.15) is 5.01 Å². The number of thiazole rings is 1. The molecule has 0 fully saturated rings. The Morgan fingerprint density at radius 3 is 2.83 bits per heavy atom. The minimum absolute atomic E-state index is 0.0127. The van der Waals surface area contributed by atoms with Crippen LogP contribution in [-0.4, -0.2) is 20.9 Å². The van der Waals surface area contributed by atoms with Crippen molar-refractivity contribution >= 4 is 37.5 Å². The largest absolute Gasteiger partial charge is 0.321 e. The fourth-order valence-corrected chi connectivity index (χ4v) is 3.16. The lowest BCUT2D eigenvalue weighted by atomic mass is 10.3. The highest BCUT2D eigenvalue weighted by Crippen LogP contribution is 2.19. The quantitative estimate of drug-likeness (QED) is 0.852. The Labute approximate surface area is 109 Å². The lowest BCUT2D eigenvalue weighted by Gasteiger charge is -1.94. The molecule has 1 aromatic carbocycles. The highest BCUT2D eigenvalue weighted by atomic mass is 32.2. The summed E-state index contributed by atoms with van der Waals surface area (Å²) in [6, 6.07) is 7.71. The summed E-state index contributed by atoms with van der Waals surface area (Å²) in [5.74, 6) is -0.596. The monoisotopic (exact) mass is 285 g/mol. The van der Waals surface area contributed by atoms with E-state index in [-0.39, 0.29) is 6.54 Å². The molecule has 5 nitrogen and oxygen atoms in total. The molecule has 0 spiro atoms. The third kappa shape index (κ3) is 2.92. The molecule has 0 bridgehead atoms. The number of nitrogens with zero attached hydrogens (tertiary/aromatic N) is 2. The Balaban J connectivity index is 2.41. The summed E-state index contributed by atoms with van der Waals surface area (Å²) < 4.78 is 26.2. The van der Waals surface area contributed by atoms with Crippen LogP contribution >= 0.6 is 11.3 Å². The average molecular weight is 285 g/mol. The van der Waals surface area contributed by atoms with Crippen LogP contribution in [0.15, 0.2) is 28.6 Å². The van der Waals surface area contributed by atoms with Crippen LogP contribution in [0.4, 0.5) is 0 Å². The van der Waals surface area contributed by atoms with E-state index in [1.807, 2.05) is 31.2 Å². The minimum atomic E-state index is -3.38. The van der Waals surface area contributed by atoms with Crippen molar-refractivity contribution in [2.75, 3.05) is 6.26 Å². The summed E-state index contributed by atoms with van der Waals surface area (Å²) >= 11 is 1.57. The van der Waals surface area contributed by atoms with Gasteiger partial charge in [0, 0.05) is 19.2 Å². The lowest BCUT2D eigenvalue weighted by molar-refractivity contribution is -0.659. The van der Waals surface area contributed by atoms with Gasteiger partial charge in [0.25, 0.3) is 0 Å². The summed E-state index contributed by atoms with van der Waals surface area (Å²) in [6.45, 7) is 1.89. The maximum absolute atomic E-state index is 11.6. The number of fused-ring (bicyclic) bond motifs is 1. The molecule has 1 heterocycles. The Hall–Kier alpha value is -1.31. The van der Waals surface area contributed by atoms with Gasteiger partial charge >= 0.3 is 5.91 Å². The summed E-state index contributed by atoms with van der Waals surface area (Å²) in [5.41, 5.74) is 0.934. The fraction of sp³-hybridized carbons (Fsp3) is 0.273.